The SMILES string of the molecule is CBN(C)C1=CC=CC1. The topological polar surface area (TPSA) is 3.24 Å². The van der Waals surface area contributed by atoms with E-state index in [1.807, 2.05) is 0 Å². The predicted molar refractivity (Wildman–Crippen MR) is 42.6 cm³/mol. The van der Waals surface area contributed by atoms with Crippen molar-refractivity contribution in [3.05, 3.63) is 23.9 Å². The van der Waals surface area contributed by atoms with Gasteiger partial charge in [0.1, 0.15) is 0 Å². The van der Waals surface area contributed by atoms with Gasteiger partial charge in [0.15, 0.2) is 0 Å². The van der Waals surface area contributed by atoms with Gasteiger partial charge in [-0.15, -0.1) is 0 Å². The standard InChI is InChI=1S/C7H12BN/c1-8-9(2)7-5-3-4-6-7/h3-5,8H,6H2,1-2H3. The van der Waals surface area contributed by atoms with E-state index in [4.69, 9.17) is 0 Å². The van der Waals surface area contributed by atoms with Crippen LogP contribution in [0.2, 0.25) is 6.82 Å². The van der Waals surface area contributed by atoms with E-state index in [2.05, 4.69) is 36.9 Å². The Balaban J connectivity index is 2.45. The quantitative estimate of drug-likeness (QED) is 0.495. The smallest absolute Gasteiger partial charge is 0.232 e. The van der Waals surface area contributed by atoms with Gasteiger partial charge in [0.25, 0.3) is 0 Å². The summed E-state index contributed by atoms with van der Waals surface area (Å²) in [6.45, 7) is 2.17. The molecule has 9 heavy (non-hydrogen) atoms. The molecule has 0 fully saturated rings. The fraction of sp³-hybridized carbons (Fsp3) is 0.429. The molecule has 1 rings (SSSR count). The van der Waals surface area contributed by atoms with Crippen molar-refractivity contribution in [3.8, 4) is 0 Å². The van der Waals surface area contributed by atoms with Crippen LogP contribution < -0.4 is 0 Å². The van der Waals surface area contributed by atoms with Gasteiger partial charge in [0.2, 0.25) is 7.41 Å². The molecule has 0 radical (unpaired) electrons. The van der Waals surface area contributed by atoms with Gasteiger partial charge in [0.05, 0.1) is 0 Å². The summed E-state index contributed by atoms with van der Waals surface area (Å²) >= 11 is 0. The lowest BCUT2D eigenvalue weighted by atomic mass is 9.96. The van der Waals surface area contributed by atoms with E-state index in [1.54, 1.807) is 0 Å². The van der Waals surface area contributed by atoms with E-state index in [1.165, 1.54) is 5.70 Å². The van der Waals surface area contributed by atoms with Crippen LogP contribution >= 0.6 is 0 Å². The summed E-state index contributed by atoms with van der Waals surface area (Å²) in [4.78, 5) is 2.26. The highest BCUT2D eigenvalue weighted by Crippen LogP contribution is 2.11. The maximum Gasteiger partial charge on any atom is 0.232 e. The van der Waals surface area contributed by atoms with Crippen molar-refractivity contribution < 1.29 is 0 Å². The van der Waals surface area contributed by atoms with E-state index in [0.29, 0.717) is 0 Å². The van der Waals surface area contributed by atoms with E-state index in [9.17, 15) is 0 Å². The molecule has 0 aromatic heterocycles. The zero-order chi connectivity index (χ0) is 6.69. The molecule has 0 saturated heterocycles. The molecule has 48 valence electrons. The van der Waals surface area contributed by atoms with Crippen LogP contribution in [0.4, 0.5) is 0 Å². The Bertz CT molecular complexity index is 149. The largest absolute Gasteiger partial charge is 0.424 e. The minimum atomic E-state index is 1.10. The highest BCUT2D eigenvalue weighted by molar-refractivity contribution is 6.30. The van der Waals surface area contributed by atoms with Gasteiger partial charge < -0.3 is 4.81 Å². The molecule has 0 aliphatic heterocycles. The Labute approximate surface area is 57.3 Å². The van der Waals surface area contributed by atoms with Crippen molar-refractivity contribution in [1.82, 2.24) is 4.81 Å². The molecule has 2 heteroatoms. The Morgan fingerprint density at radius 3 is 2.89 bits per heavy atom. The Morgan fingerprint density at radius 2 is 2.44 bits per heavy atom. The van der Waals surface area contributed by atoms with Crippen LogP contribution in [0.5, 0.6) is 0 Å². The molecule has 0 bridgehead atoms. The van der Waals surface area contributed by atoms with Crippen molar-refractivity contribution in [2.75, 3.05) is 7.05 Å². The molecular weight excluding hydrogens is 109 g/mol. The molecule has 1 aliphatic carbocycles. The van der Waals surface area contributed by atoms with E-state index in [0.717, 1.165) is 13.8 Å². The molecule has 0 saturated carbocycles. The third kappa shape index (κ3) is 1.38. The van der Waals surface area contributed by atoms with Gasteiger partial charge in [-0.05, 0) is 13.1 Å². The van der Waals surface area contributed by atoms with Crippen molar-refractivity contribution in [1.29, 1.82) is 0 Å². The van der Waals surface area contributed by atoms with Crippen molar-refractivity contribution in [3.63, 3.8) is 0 Å². The van der Waals surface area contributed by atoms with E-state index >= 15 is 0 Å². The summed E-state index contributed by atoms with van der Waals surface area (Å²) in [6.07, 6.45) is 7.58. The number of nitrogens with zero attached hydrogens (tertiary/aromatic N) is 1. The fourth-order valence-electron chi connectivity index (χ4n) is 0.922. The Hall–Kier alpha value is -0.655. The molecule has 0 aromatic carbocycles. The zero-order valence-electron chi connectivity index (χ0n) is 6.09. The molecule has 0 atom stereocenters. The third-order valence-corrected chi connectivity index (χ3v) is 1.72. The van der Waals surface area contributed by atoms with Crippen LogP contribution in [0.15, 0.2) is 23.9 Å². The summed E-state index contributed by atoms with van der Waals surface area (Å²) in [5, 5.41) is 0. The van der Waals surface area contributed by atoms with Gasteiger partial charge in [0, 0.05) is 12.1 Å². The first-order chi connectivity index (χ1) is 4.34. The van der Waals surface area contributed by atoms with Crippen LogP contribution in [-0.4, -0.2) is 19.3 Å². The van der Waals surface area contributed by atoms with Crippen LogP contribution in [-0.2, 0) is 0 Å². The van der Waals surface area contributed by atoms with Gasteiger partial charge >= 0.3 is 0 Å². The number of rotatable bonds is 2. The first-order valence-corrected chi connectivity index (χ1v) is 3.41. The van der Waals surface area contributed by atoms with Crippen LogP contribution in [0.25, 0.3) is 0 Å². The van der Waals surface area contributed by atoms with Crippen molar-refractivity contribution in [2.45, 2.75) is 13.2 Å². The summed E-state index contributed by atoms with van der Waals surface area (Å²) in [6, 6.07) is 0. The fourth-order valence-corrected chi connectivity index (χ4v) is 0.922. The second-order valence-corrected chi connectivity index (χ2v) is 2.30. The summed E-state index contributed by atoms with van der Waals surface area (Å²) < 4.78 is 0. The summed E-state index contributed by atoms with van der Waals surface area (Å²) in [7, 11) is 3.23. The monoisotopic (exact) mass is 121 g/mol. The minimum Gasteiger partial charge on any atom is -0.424 e. The highest BCUT2D eigenvalue weighted by atomic mass is 15.0. The molecule has 0 N–H and O–H groups in total. The van der Waals surface area contributed by atoms with Gasteiger partial charge in [-0.25, -0.2) is 0 Å². The molecule has 0 unspecified atom stereocenters. The Kier molecular flexibility index (Phi) is 1.98. The highest BCUT2D eigenvalue weighted by Gasteiger charge is 2.02. The molecule has 1 aliphatic rings. The van der Waals surface area contributed by atoms with Gasteiger partial charge in [-0.1, -0.05) is 19.0 Å². The van der Waals surface area contributed by atoms with E-state index < -0.39 is 0 Å². The van der Waals surface area contributed by atoms with Gasteiger partial charge in [-0.2, -0.15) is 0 Å². The van der Waals surface area contributed by atoms with E-state index in [-0.39, 0.29) is 0 Å². The molecule has 1 nitrogen and oxygen atoms in total. The first-order valence-electron chi connectivity index (χ1n) is 3.41. The van der Waals surface area contributed by atoms with Crippen LogP contribution in [0.1, 0.15) is 6.42 Å². The normalized spacial score (nSPS) is 15.6. The molecule has 0 heterocycles. The minimum absolute atomic E-state index is 1.10. The molecule has 0 amide bonds. The maximum absolute atomic E-state index is 2.26. The number of hydrogen-bond acceptors (Lipinski definition) is 1. The maximum atomic E-state index is 2.26. The second kappa shape index (κ2) is 2.76. The molecular formula is C7H12BN. The molecule has 0 spiro atoms. The van der Waals surface area contributed by atoms with Gasteiger partial charge in [-0.3, -0.25) is 0 Å². The lowest BCUT2D eigenvalue weighted by molar-refractivity contribution is 0.652. The average Bonchev–Trinajstić information content (AvgIpc) is 2.37. The number of hydrogen-bond donors (Lipinski definition) is 0. The second-order valence-electron chi connectivity index (χ2n) is 2.30. The lowest BCUT2D eigenvalue weighted by Gasteiger charge is -2.16. The number of allylic oxidation sites excluding steroid dienone is 3. The molecule has 0 aromatic rings. The summed E-state index contributed by atoms with van der Waals surface area (Å²) in [5.41, 5.74) is 1.43. The van der Waals surface area contributed by atoms with Crippen LogP contribution in [0.3, 0.4) is 0 Å². The predicted octanol–water partition coefficient (Wildman–Crippen LogP) is 1.16. The Morgan fingerprint density at radius 1 is 1.67 bits per heavy atom. The van der Waals surface area contributed by atoms with Crippen molar-refractivity contribution >= 4 is 7.41 Å². The van der Waals surface area contributed by atoms with Crippen LogP contribution in [0, 0.1) is 0 Å². The zero-order valence-corrected chi connectivity index (χ0v) is 6.09. The third-order valence-electron chi connectivity index (χ3n) is 1.72. The lowest BCUT2D eigenvalue weighted by Crippen LogP contribution is -2.18. The summed E-state index contributed by atoms with van der Waals surface area (Å²) in [5.74, 6) is 0. The van der Waals surface area contributed by atoms with Crippen molar-refractivity contribution in [2.24, 2.45) is 0 Å². The first kappa shape index (κ1) is 6.46. The average molecular weight is 121 g/mol.